The second-order valence-electron chi connectivity index (χ2n) is 4.46. The number of ether oxygens (including phenoxy) is 1. The van der Waals surface area contributed by atoms with Gasteiger partial charge < -0.3 is 10.1 Å². The van der Waals surface area contributed by atoms with Gasteiger partial charge in [0, 0.05) is 17.9 Å². The van der Waals surface area contributed by atoms with Crippen molar-refractivity contribution in [3.63, 3.8) is 0 Å². The molecule has 0 radical (unpaired) electrons. The maximum atomic E-state index is 11.4. The Hall–Kier alpha value is -1.98. The lowest BCUT2D eigenvalue weighted by atomic mass is 10.1. The zero-order valence-corrected chi connectivity index (χ0v) is 10.1. The number of aromatic nitrogens is 2. The Kier molecular flexibility index (Phi) is 4.14. The SMILES string of the molecule is CC(C)(C)NC(=O)COC(=O)c1cnccn1. The number of hydrogen-bond donors (Lipinski definition) is 1. The van der Waals surface area contributed by atoms with E-state index >= 15 is 0 Å². The van der Waals surface area contributed by atoms with Gasteiger partial charge in [0.25, 0.3) is 5.91 Å². The first-order valence-corrected chi connectivity index (χ1v) is 5.12. The third kappa shape index (κ3) is 5.05. The van der Waals surface area contributed by atoms with Crippen molar-refractivity contribution < 1.29 is 14.3 Å². The van der Waals surface area contributed by atoms with Crippen LogP contribution in [0.5, 0.6) is 0 Å². The molecule has 1 heterocycles. The number of nitrogens with zero attached hydrogens (tertiary/aromatic N) is 2. The van der Waals surface area contributed by atoms with Gasteiger partial charge in [0.1, 0.15) is 0 Å². The van der Waals surface area contributed by atoms with E-state index in [-0.39, 0.29) is 23.7 Å². The van der Waals surface area contributed by atoms with E-state index in [2.05, 4.69) is 15.3 Å². The fourth-order valence-electron chi connectivity index (χ4n) is 1.06. The van der Waals surface area contributed by atoms with Crippen LogP contribution in [-0.2, 0) is 9.53 Å². The first-order valence-electron chi connectivity index (χ1n) is 5.12. The van der Waals surface area contributed by atoms with Gasteiger partial charge in [-0.1, -0.05) is 0 Å². The first-order chi connectivity index (χ1) is 7.88. The molecule has 0 aliphatic heterocycles. The Morgan fingerprint density at radius 3 is 2.59 bits per heavy atom. The van der Waals surface area contributed by atoms with Crippen LogP contribution in [0.15, 0.2) is 18.6 Å². The quantitative estimate of drug-likeness (QED) is 0.776. The number of rotatable bonds is 3. The van der Waals surface area contributed by atoms with Crippen LogP contribution in [-0.4, -0.2) is 34.0 Å². The molecule has 0 aromatic carbocycles. The van der Waals surface area contributed by atoms with Crippen molar-refractivity contribution in [2.45, 2.75) is 26.3 Å². The summed E-state index contributed by atoms with van der Waals surface area (Å²) in [5, 5.41) is 2.67. The zero-order chi connectivity index (χ0) is 12.9. The summed E-state index contributed by atoms with van der Waals surface area (Å²) in [5.74, 6) is -1.02. The summed E-state index contributed by atoms with van der Waals surface area (Å²) in [4.78, 5) is 30.3. The van der Waals surface area contributed by atoms with Crippen LogP contribution >= 0.6 is 0 Å². The Morgan fingerprint density at radius 1 is 1.35 bits per heavy atom. The van der Waals surface area contributed by atoms with Crippen molar-refractivity contribution in [1.82, 2.24) is 15.3 Å². The molecule has 1 rings (SSSR count). The average Bonchev–Trinajstić information content (AvgIpc) is 2.25. The van der Waals surface area contributed by atoms with E-state index in [0.29, 0.717) is 0 Å². The average molecular weight is 237 g/mol. The highest BCUT2D eigenvalue weighted by atomic mass is 16.5. The van der Waals surface area contributed by atoms with Crippen molar-refractivity contribution >= 4 is 11.9 Å². The zero-order valence-electron chi connectivity index (χ0n) is 10.1. The molecule has 1 amide bonds. The molecule has 17 heavy (non-hydrogen) atoms. The highest BCUT2D eigenvalue weighted by molar-refractivity contribution is 5.89. The lowest BCUT2D eigenvalue weighted by Crippen LogP contribution is -2.42. The van der Waals surface area contributed by atoms with E-state index in [4.69, 9.17) is 4.74 Å². The van der Waals surface area contributed by atoms with Gasteiger partial charge in [0.05, 0.1) is 6.20 Å². The number of carbonyl (C=O) groups excluding carboxylic acids is 2. The topological polar surface area (TPSA) is 81.2 Å². The summed E-state index contributed by atoms with van der Waals surface area (Å²) >= 11 is 0. The van der Waals surface area contributed by atoms with Crippen LogP contribution < -0.4 is 5.32 Å². The summed E-state index contributed by atoms with van der Waals surface area (Å²) < 4.78 is 4.78. The Labute approximate surface area is 99.4 Å². The summed E-state index contributed by atoms with van der Waals surface area (Å²) in [5.41, 5.74) is -0.271. The van der Waals surface area contributed by atoms with E-state index in [0.717, 1.165) is 0 Å². The summed E-state index contributed by atoms with van der Waals surface area (Å²) in [6.45, 7) is 5.20. The molecule has 0 aliphatic rings. The molecule has 0 fully saturated rings. The van der Waals surface area contributed by atoms with E-state index in [1.165, 1.54) is 18.6 Å². The highest BCUT2D eigenvalue weighted by Crippen LogP contribution is 1.99. The smallest absolute Gasteiger partial charge is 0.359 e. The minimum absolute atomic E-state index is 0.0797. The molecule has 0 aliphatic carbocycles. The van der Waals surface area contributed by atoms with E-state index in [1.54, 1.807) is 0 Å². The van der Waals surface area contributed by atoms with Gasteiger partial charge in [-0.05, 0) is 20.8 Å². The van der Waals surface area contributed by atoms with Gasteiger partial charge in [-0.2, -0.15) is 0 Å². The molecule has 0 saturated heterocycles. The molecule has 0 atom stereocenters. The maximum absolute atomic E-state index is 11.4. The van der Waals surface area contributed by atoms with Crippen LogP contribution in [0.3, 0.4) is 0 Å². The molecule has 0 saturated carbocycles. The molecule has 0 bridgehead atoms. The summed E-state index contributed by atoms with van der Waals surface area (Å²) in [6, 6.07) is 0. The normalized spacial score (nSPS) is 10.8. The van der Waals surface area contributed by atoms with Crippen LogP contribution in [0.1, 0.15) is 31.3 Å². The second kappa shape index (κ2) is 5.38. The monoisotopic (exact) mass is 237 g/mol. The number of nitrogens with one attached hydrogen (secondary N) is 1. The third-order valence-electron chi connectivity index (χ3n) is 1.62. The molecule has 92 valence electrons. The number of amides is 1. The summed E-state index contributed by atoms with van der Waals surface area (Å²) in [6.07, 6.45) is 4.11. The molecule has 6 heteroatoms. The molecule has 0 spiro atoms. The standard InChI is InChI=1S/C11H15N3O3/c1-11(2,3)14-9(15)7-17-10(16)8-6-12-4-5-13-8/h4-6H,7H2,1-3H3,(H,14,15). The molecule has 0 unspecified atom stereocenters. The van der Waals surface area contributed by atoms with Crippen molar-refractivity contribution in [2.75, 3.05) is 6.61 Å². The Bertz CT molecular complexity index is 398. The first kappa shape index (κ1) is 13.1. The van der Waals surface area contributed by atoms with Crippen molar-refractivity contribution in [2.24, 2.45) is 0 Å². The number of esters is 1. The van der Waals surface area contributed by atoms with E-state index in [1.807, 2.05) is 20.8 Å². The lowest BCUT2D eigenvalue weighted by Gasteiger charge is -2.20. The fraction of sp³-hybridized carbons (Fsp3) is 0.455. The number of hydrogen-bond acceptors (Lipinski definition) is 5. The van der Waals surface area contributed by atoms with Crippen molar-refractivity contribution in [3.8, 4) is 0 Å². The third-order valence-corrected chi connectivity index (χ3v) is 1.62. The van der Waals surface area contributed by atoms with Gasteiger partial charge >= 0.3 is 5.97 Å². The molecule has 1 aromatic rings. The number of carbonyl (C=O) groups is 2. The molecule has 1 aromatic heterocycles. The minimum atomic E-state index is -0.665. The largest absolute Gasteiger partial charge is 0.451 e. The second-order valence-corrected chi connectivity index (χ2v) is 4.46. The Balaban J connectivity index is 2.42. The predicted octanol–water partition coefficient (Wildman–Crippen LogP) is 0.548. The lowest BCUT2D eigenvalue weighted by molar-refractivity contribution is -0.125. The van der Waals surface area contributed by atoms with Gasteiger partial charge in [0.15, 0.2) is 12.3 Å². The maximum Gasteiger partial charge on any atom is 0.359 e. The fourth-order valence-corrected chi connectivity index (χ4v) is 1.06. The van der Waals surface area contributed by atoms with Gasteiger partial charge in [0.2, 0.25) is 0 Å². The molecular weight excluding hydrogens is 222 g/mol. The highest BCUT2D eigenvalue weighted by Gasteiger charge is 2.16. The molecular formula is C11H15N3O3. The molecule has 1 N–H and O–H groups in total. The molecule has 6 nitrogen and oxygen atoms in total. The Morgan fingerprint density at radius 2 is 2.06 bits per heavy atom. The van der Waals surface area contributed by atoms with Crippen LogP contribution in [0.4, 0.5) is 0 Å². The summed E-state index contributed by atoms with van der Waals surface area (Å²) in [7, 11) is 0. The van der Waals surface area contributed by atoms with Gasteiger partial charge in [-0.3, -0.25) is 9.78 Å². The predicted molar refractivity (Wildman–Crippen MR) is 60.2 cm³/mol. The van der Waals surface area contributed by atoms with E-state index < -0.39 is 5.97 Å². The van der Waals surface area contributed by atoms with Crippen molar-refractivity contribution in [1.29, 1.82) is 0 Å². The van der Waals surface area contributed by atoms with Crippen LogP contribution in [0.25, 0.3) is 0 Å². The van der Waals surface area contributed by atoms with Crippen LogP contribution in [0.2, 0.25) is 0 Å². The van der Waals surface area contributed by atoms with Crippen LogP contribution in [0, 0.1) is 0 Å². The van der Waals surface area contributed by atoms with Gasteiger partial charge in [-0.25, -0.2) is 9.78 Å². The van der Waals surface area contributed by atoms with Crippen molar-refractivity contribution in [3.05, 3.63) is 24.3 Å². The van der Waals surface area contributed by atoms with E-state index in [9.17, 15) is 9.59 Å². The van der Waals surface area contributed by atoms with Gasteiger partial charge in [-0.15, -0.1) is 0 Å². The minimum Gasteiger partial charge on any atom is -0.451 e.